The van der Waals surface area contributed by atoms with Gasteiger partial charge >= 0.3 is 0 Å². The number of nitrogens with zero attached hydrogens (tertiary/aromatic N) is 2. The van der Waals surface area contributed by atoms with Crippen LogP contribution in [0.2, 0.25) is 5.15 Å². The topological polar surface area (TPSA) is 47.0 Å². The minimum absolute atomic E-state index is 0.344. The molecule has 3 rings (SSSR count). The van der Waals surface area contributed by atoms with Crippen molar-refractivity contribution in [2.75, 3.05) is 5.32 Å². The van der Waals surface area contributed by atoms with Gasteiger partial charge < -0.3 is 10.1 Å². The van der Waals surface area contributed by atoms with Gasteiger partial charge in [-0.25, -0.2) is 4.98 Å². The van der Waals surface area contributed by atoms with Crippen molar-refractivity contribution in [3.8, 4) is 11.5 Å². The van der Waals surface area contributed by atoms with Crippen molar-refractivity contribution in [3.05, 3.63) is 72.1 Å². The fraction of sp³-hybridized carbons (Fsp3) is 0. The molecule has 0 saturated carbocycles. The van der Waals surface area contributed by atoms with Crippen LogP contribution in [0.1, 0.15) is 0 Å². The lowest BCUT2D eigenvalue weighted by Crippen LogP contribution is -1.95. The van der Waals surface area contributed by atoms with Gasteiger partial charge in [-0.1, -0.05) is 35.9 Å². The Hall–Kier alpha value is -2.59. The van der Waals surface area contributed by atoms with E-state index in [1.54, 1.807) is 6.20 Å². The molecule has 0 unspecified atom stereocenters. The lowest BCUT2D eigenvalue weighted by molar-refractivity contribution is 0.483. The summed E-state index contributed by atoms with van der Waals surface area (Å²) in [5.41, 5.74) is 0.847. The number of ether oxygens (including phenoxy) is 1. The van der Waals surface area contributed by atoms with Crippen LogP contribution < -0.4 is 10.1 Å². The number of nitrogens with one attached hydrogen (secondary N) is 1. The molecule has 1 heterocycles. The Morgan fingerprint density at radius 3 is 2.52 bits per heavy atom. The van der Waals surface area contributed by atoms with E-state index < -0.39 is 0 Å². The van der Waals surface area contributed by atoms with E-state index in [2.05, 4.69) is 15.3 Å². The standard InChI is InChI=1S/C16H12ClN3O/c17-15-10-18-11-16(20-15)19-12-5-4-8-14(9-12)21-13-6-2-1-3-7-13/h1-11H,(H,19,20). The highest BCUT2D eigenvalue weighted by Crippen LogP contribution is 2.25. The molecule has 0 radical (unpaired) electrons. The second-order valence-corrected chi connectivity index (χ2v) is 4.68. The van der Waals surface area contributed by atoms with Crippen molar-refractivity contribution in [2.24, 2.45) is 0 Å². The van der Waals surface area contributed by atoms with Crippen LogP contribution in [-0.2, 0) is 0 Å². The number of hydrogen-bond acceptors (Lipinski definition) is 4. The van der Waals surface area contributed by atoms with Gasteiger partial charge in [0.25, 0.3) is 0 Å². The zero-order chi connectivity index (χ0) is 14.5. The quantitative estimate of drug-likeness (QED) is 0.760. The first-order chi connectivity index (χ1) is 10.3. The van der Waals surface area contributed by atoms with Crippen molar-refractivity contribution in [2.45, 2.75) is 0 Å². The molecule has 2 aromatic carbocycles. The third kappa shape index (κ3) is 3.70. The van der Waals surface area contributed by atoms with Crippen LogP contribution in [0.5, 0.6) is 11.5 Å². The van der Waals surface area contributed by atoms with Crippen LogP contribution in [0.15, 0.2) is 67.0 Å². The highest BCUT2D eigenvalue weighted by molar-refractivity contribution is 6.29. The molecule has 4 nitrogen and oxygen atoms in total. The molecule has 5 heteroatoms. The van der Waals surface area contributed by atoms with Crippen LogP contribution in [0.4, 0.5) is 11.5 Å². The average Bonchev–Trinajstić information content (AvgIpc) is 2.49. The number of aromatic nitrogens is 2. The normalized spacial score (nSPS) is 10.1. The molecule has 0 aliphatic carbocycles. The maximum Gasteiger partial charge on any atom is 0.150 e. The molecule has 0 atom stereocenters. The average molecular weight is 298 g/mol. The summed E-state index contributed by atoms with van der Waals surface area (Å²) in [6, 6.07) is 17.2. The van der Waals surface area contributed by atoms with Crippen LogP contribution in [0.25, 0.3) is 0 Å². The molecule has 0 spiro atoms. The highest BCUT2D eigenvalue weighted by Gasteiger charge is 2.01. The molecule has 1 N–H and O–H groups in total. The zero-order valence-corrected chi connectivity index (χ0v) is 11.8. The second-order valence-electron chi connectivity index (χ2n) is 4.29. The first kappa shape index (κ1) is 13.4. The summed E-state index contributed by atoms with van der Waals surface area (Å²) in [5.74, 6) is 2.11. The Labute approximate surface area is 127 Å². The summed E-state index contributed by atoms with van der Waals surface area (Å²) in [7, 11) is 0. The number of hydrogen-bond donors (Lipinski definition) is 1. The smallest absolute Gasteiger partial charge is 0.150 e. The van der Waals surface area contributed by atoms with Gasteiger partial charge in [-0.3, -0.25) is 4.98 Å². The zero-order valence-electron chi connectivity index (χ0n) is 11.0. The number of anilines is 2. The molecule has 21 heavy (non-hydrogen) atoms. The van der Waals surface area contributed by atoms with Gasteiger partial charge in [-0.15, -0.1) is 0 Å². The molecule has 0 fully saturated rings. The Kier molecular flexibility index (Phi) is 3.98. The first-order valence-electron chi connectivity index (χ1n) is 6.37. The fourth-order valence-electron chi connectivity index (χ4n) is 1.81. The van der Waals surface area contributed by atoms with Crippen molar-refractivity contribution >= 4 is 23.1 Å². The molecule has 104 valence electrons. The number of halogens is 1. The third-order valence-electron chi connectivity index (χ3n) is 2.69. The SMILES string of the molecule is Clc1cncc(Nc2cccc(Oc3ccccc3)c2)n1. The van der Waals surface area contributed by atoms with E-state index in [0.717, 1.165) is 17.2 Å². The summed E-state index contributed by atoms with van der Waals surface area (Å²) >= 11 is 5.81. The Bertz CT molecular complexity index is 734. The van der Waals surface area contributed by atoms with Crippen molar-refractivity contribution in [3.63, 3.8) is 0 Å². The van der Waals surface area contributed by atoms with Gasteiger partial charge in [0.1, 0.15) is 16.7 Å². The maximum absolute atomic E-state index is 5.81. The van der Waals surface area contributed by atoms with E-state index in [1.807, 2.05) is 54.6 Å². The lowest BCUT2D eigenvalue weighted by Gasteiger charge is -2.09. The van der Waals surface area contributed by atoms with Crippen LogP contribution in [0, 0.1) is 0 Å². The van der Waals surface area contributed by atoms with Gasteiger partial charge in [0.15, 0.2) is 5.82 Å². The predicted molar refractivity (Wildman–Crippen MR) is 83.3 cm³/mol. The van der Waals surface area contributed by atoms with Crippen molar-refractivity contribution in [1.29, 1.82) is 0 Å². The summed E-state index contributed by atoms with van der Waals surface area (Å²) < 4.78 is 5.78. The molecule has 1 aromatic heterocycles. The third-order valence-corrected chi connectivity index (χ3v) is 2.87. The molecule has 0 aliphatic rings. The summed E-state index contributed by atoms with van der Waals surface area (Å²) in [4.78, 5) is 8.12. The monoisotopic (exact) mass is 297 g/mol. The minimum Gasteiger partial charge on any atom is -0.457 e. The van der Waals surface area contributed by atoms with Gasteiger partial charge in [0.05, 0.1) is 12.4 Å². The Morgan fingerprint density at radius 2 is 1.71 bits per heavy atom. The van der Waals surface area contributed by atoms with E-state index in [0.29, 0.717) is 11.0 Å². The summed E-state index contributed by atoms with van der Waals surface area (Å²) in [5, 5.41) is 3.48. The van der Waals surface area contributed by atoms with E-state index in [-0.39, 0.29) is 0 Å². The van der Waals surface area contributed by atoms with Crippen molar-refractivity contribution in [1.82, 2.24) is 9.97 Å². The number of para-hydroxylation sites is 1. The van der Waals surface area contributed by atoms with Crippen LogP contribution >= 0.6 is 11.6 Å². The van der Waals surface area contributed by atoms with Gasteiger partial charge in [-0.05, 0) is 24.3 Å². The lowest BCUT2D eigenvalue weighted by atomic mass is 10.3. The second kappa shape index (κ2) is 6.24. The number of benzene rings is 2. The first-order valence-corrected chi connectivity index (χ1v) is 6.75. The predicted octanol–water partition coefficient (Wildman–Crippen LogP) is 4.67. The van der Waals surface area contributed by atoms with E-state index in [9.17, 15) is 0 Å². The van der Waals surface area contributed by atoms with E-state index in [1.165, 1.54) is 6.20 Å². The largest absolute Gasteiger partial charge is 0.457 e. The van der Waals surface area contributed by atoms with E-state index >= 15 is 0 Å². The summed E-state index contributed by atoms with van der Waals surface area (Å²) in [6.45, 7) is 0. The van der Waals surface area contributed by atoms with Gasteiger partial charge in [-0.2, -0.15) is 0 Å². The number of rotatable bonds is 4. The van der Waals surface area contributed by atoms with Gasteiger partial charge in [0.2, 0.25) is 0 Å². The Balaban J connectivity index is 1.77. The molecule has 0 bridgehead atoms. The minimum atomic E-state index is 0.344. The molecule has 0 aliphatic heterocycles. The maximum atomic E-state index is 5.81. The fourth-order valence-corrected chi connectivity index (χ4v) is 1.96. The molecular weight excluding hydrogens is 286 g/mol. The summed E-state index contributed by atoms with van der Waals surface area (Å²) in [6.07, 6.45) is 3.10. The molecular formula is C16H12ClN3O. The molecule has 0 amide bonds. The van der Waals surface area contributed by atoms with Crippen molar-refractivity contribution < 1.29 is 4.74 Å². The van der Waals surface area contributed by atoms with Gasteiger partial charge in [0, 0.05) is 11.8 Å². The highest BCUT2D eigenvalue weighted by atomic mass is 35.5. The Morgan fingerprint density at radius 1 is 0.905 bits per heavy atom. The molecule has 0 saturated heterocycles. The van der Waals surface area contributed by atoms with Crippen LogP contribution in [0.3, 0.4) is 0 Å². The van der Waals surface area contributed by atoms with Crippen LogP contribution in [-0.4, -0.2) is 9.97 Å². The van der Waals surface area contributed by atoms with E-state index in [4.69, 9.17) is 16.3 Å². The molecule has 3 aromatic rings.